The maximum Gasteiger partial charge on any atom is 0.330 e. The number of amides is 1. The SMILES string of the molecule is CCCCn1c(N)c(N(CC(C)C)C(=O)c2cc(CC)c(C)s2)c(=O)[nH]c1=O. The first-order valence-electron chi connectivity index (χ1n) is 9.74. The van der Waals surface area contributed by atoms with Gasteiger partial charge in [0.05, 0.1) is 4.88 Å². The lowest BCUT2D eigenvalue weighted by atomic mass is 10.1. The first kappa shape index (κ1) is 21.9. The molecular weight excluding hydrogens is 376 g/mol. The first-order chi connectivity index (χ1) is 13.2. The summed E-state index contributed by atoms with van der Waals surface area (Å²) in [5, 5.41) is 0. The molecule has 0 fully saturated rings. The van der Waals surface area contributed by atoms with Crippen molar-refractivity contribution >= 4 is 28.7 Å². The third-order valence-corrected chi connectivity index (χ3v) is 5.71. The lowest BCUT2D eigenvalue weighted by Gasteiger charge is -2.25. The Balaban J connectivity index is 2.60. The molecule has 2 heterocycles. The number of rotatable bonds is 8. The number of carbonyl (C=O) groups excluding carboxylic acids is 1. The van der Waals surface area contributed by atoms with Gasteiger partial charge in [-0.1, -0.05) is 34.1 Å². The summed E-state index contributed by atoms with van der Waals surface area (Å²) in [4.78, 5) is 43.6. The normalized spacial score (nSPS) is 11.2. The number of aromatic nitrogens is 2. The van der Waals surface area contributed by atoms with Crippen molar-refractivity contribution in [2.75, 3.05) is 17.2 Å². The molecule has 3 N–H and O–H groups in total. The van der Waals surface area contributed by atoms with Gasteiger partial charge in [-0.05, 0) is 37.3 Å². The molecule has 0 spiro atoms. The predicted octanol–water partition coefficient (Wildman–Crippen LogP) is 3.15. The Labute approximate surface area is 169 Å². The van der Waals surface area contributed by atoms with Crippen LogP contribution < -0.4 is 21.9 Å². The van der Waals surface area contributed by atoms with Crippen LogP contribution in [0.5, 0.6) is 0 Å². The molecule has 0 aliphatic heterocycles. The number of nitrogen functional groups attached to an aromatic ring is 1. The van der Waals surface area contributed by atoms with Crippen LogP contribution in [0.15, 0.2) is 15.7 Å². The molecule has 28 heavy (non-hydrogen) atoms. The molecule has 0 aromatic carbocycles. The van der Waals surface area contributed by atoms with E-state index in [-0.39, 0.29) is 23.3 Å². The molecule has 2 aromatic heterocycles. The average molecular weight is 407 g/mol. The Morgan fingerprint density at radius 1 is 1.32 bits per heavy atom. The fourth-order valence-corrected chi connectivity index (χ4v) is 4.19. The highest BCUT2D eigenvalue weighted by Gasteiger charge is 2.27. The summed E-state index contributed by atoms with van der Waals surface area (Å²) in [5.41, 5.74) is 6.23. The van der Waals surface area contributed by atoms with Gasteiger partial charge >= 0.3 is 5.69 Å². The van der Waals surface area contributed by atoms with Crippen LogP contribution >= 0.6 is 11.3 Å². The molecule has 7 nitrogen and oxygen atoms in total. The Morgan fingerprint density at radius 2 is 2.00 bits per heavy atom. The van der Waals surface area contributed by atoms with Crippen molar-refractivity contribution in [2.24, 2.45) is 5.92 Å². The summed E-state index contributed by atoms with van der Waals surface area (Å²) in [5.74, 6) is -0.106. The number of carbonyl (C=O) groups is 1. The minimum absolute atomic E-state index is 0.0418. The quantitative estimate of drug-likeness (QED) is 0.703. The molecule has 0 bridgehead atoms. The topological polar surface area (TPSA) is 101 Å². The Hall–Kier alpha value is -2.35. The Bertz CT molecular complexity index is 955. The van der Waals surface area contributed by atoms with E-state index in [0.717, 1.165) is 29.7 Å². The summed E-state index contributed by atoms with van der Waals surface area (Å²) in [7, 11) is 0. The lowest BCUT2D eigenvalue weighted by molar-refractivity contribution is 0.0987. The Kier molecular flexibility index (Phi) is 7.23. The van der Waals surface area contributed by atoms with E-state index in [9.17, 15) is 14.4 Å². The van der Waals surface area contributed by atoms with E-state index >= 15 is 0 Å². The zero-order valence-corrected chi connectivity index (χ0v) is 18.1. The Morgan fingerprint density at radius 3 is 2.54 bits per heavy atom. The highest BCUT2D eigenvalue weighted by Crippen LogP contribution is 2.27. The van der Waals surface area contributed by atoms with Crippen LogP contribution in [0.25, 0.3) is 0 Å². The highest BCUT2D eigenvalue weighted by molar-refractivity contribution is 7.14. The van der Waals surface area contributed by atoms with Gasteiger partial charge in [0.15, 0.2) is 5.69 Å². The lowest BCUT2D eigenvalue weighted by Crippen LogP contribution is -2.42. The molecule has 154 valence electrons. The number of nitrogens with zero attached hydrogens (tertiary/aromatic N) is 2. The number of aromatic amines is 1. The summed E-state index contributed by atoms with van der Waals surface area (Å²) >= 11 is 1.42. The fraction of sp³-hybridized carbons (Fsp3) is 0.550. The van der Waals surface area contributed by atoms with Crippen LogP contribution in [0.4, 0.5) is 11.5 Å². The zero-order valence-electron chi connectivity index (χ0n) is 17.3. The van der Waals surface area contributed by atoms with Gasteiger partial charge in [-0.15, -0.1) is 11.3 Å². The monoisotopic (exact) mass is 406 g/mol. The number of nitrogens with two attached hydrogens (primary N) is 1. The number of aryl methyl sites for hydroxylation is 2. The van der Waals surface area contributed by atoms with Gasteiger partial charge in [0, 0.05) is 18.0 Å². The standard InChI is InChI=1S/C20H30N4O3S/c1-6-8-9-23-17(21)16(18(25)22-20(23)27)24(11-12(3)4)19(26)15-10-14(7-2)13(5)28-15/h10,12H,6-9,11,21H2,1-5H3,(H,22,25,27). The van der Waals surface area contributed by atoms with Gasteiger partial charge in [-0.3, -0.25) is 24.0 Å². The van der Waals surface area contributed by atoms with Crippen molar-refractivity contribution in [3.05, 3.63) is 42.2 Å². The molecule has 0 radical (unpaired) electrons. The molecule has 1 amide bonds. The van der Waals surface area contributed by atoms with Gasteiger partial charge < -0.3 is 5.73 Å². The maximum atomic E-state index is 13.3. The van der Waals surface area contributed by atoms with Gasteiger partial charge in [-0.25, -0.2) is 4.79 Å². The van der Waals surface area contributed by atoms with E-state index in [1.807, 2.05) is 40.7 Å². The molecular formula is C20H30N4O3S. The van der Waals surface area contributed by atoms with E-state index in [1.165, 1.54) is 20.8 Å². The number of hydrogen-bond donors (Lipinski definition) is 2. The van der Waals surface area contributed by atoms with Gasteiger partial charge in [0.25, 0.3) is 11.5 Å². The van der Waals surface area contributed by atoms with Gasteiger partial charge in [0.1, 0.15) is 5.82 Å². The molecule has 0 aliphatic rings. The summed E-state index contributed by atoms with van der Waals surface area (Å²) in [6.45, 7) is 10.7. The molecule has 2 aromatic rings. The number of anilines is 2. The minimum atomic E-state index is -0.631. The summed E-state index contributed by atoms with van der Waals surface area (Å²) in [6.07, 6.45) is 2.46. The number of nitrogens with one attached hydrogen (secondary N) is 1. The summed E-state index contributed by atoms with van der Waals surface area (Å²) in [6, 6.07) is 1.88. The van der Waals surface area contributed by atoms with Crippen LogP contribution in [-0.2, 0) is 13.0 Å². The van der Waals surface area contributed by atoms with E-state index in [1.54, 1.807) is 0 Å². The number of unbranched alkanes of at least 4 members (excludes halogenated alkanes) is 1. The minimum Gasteiger partial charge on any atom is -0.383 e. The second-order valence-corrected chi connectivity index (χ2v) is 8.61. The number of hydrogen-bond acceptors (Lipinski definition) is 5. The smallest absolute Gasteiger partial charge is 0.330 e. The second kappa shape index (κ2) is 9.23. The van der Waals surface area contributed by atoms with Crippen molar-refractivity contribution in [3.8, 4) is 0 Å². The largest absolute Gasteiger partial charge is 0.383 e. The van der Waals surface area contributed by atoms with E-state index < -0.39 is 11.2 Å². The second-order valence-electron chi connectivity index (χ2n) is 7.35. The number of thiophene rings is 1. The van der Waals surface area contributed by atoms with Crippen molar-refractivity contribution in [1.29, 1.82) is 0 Å². The van der Waals surface area contributed by atoms with Gasteiger partial charge in [0.2, 0.25) is 0 Å². The van der Waals surface area contributed by atoms with Crippen molar-refractivity contribution in [1.82, 2.24) is 9.55 Å². The molecule has 0 unspecified atom stereocenters. The van der Waals surface area contributed by atoms with Crippen LogP contribution in [0.3, 0.4) is 0 Å². The third-order valence-electron chi connectivity index (χ3n) is 4.62. The van der Waals surface area contributed by atoms with Crippen molar-refractivity contribution in [2.45, 2.75) is 60.4 Å². The van der Waals surface area contributed by atoms with E-state index in [0.29, 0.717) is 18.0 Å². The average Bonchev–Trinajstić information content (AvgIpc) is 3.00. The van der Waals surface area contributed by atoms with E-state index in [2.05, 4.69) is 4.98 Å². The molecule has 2 rings (SSSR count). The van der Waals surface area contributed by atoms with Gasteiger partial charge in [-0.2, -0.15) is 0 Å². The maximum absolute atomic E-state index is 13.3. The first-order valence-corrected chi connectivity index (χ1v) is 10.6. The highest BCUT2D eigenvalue weighted by atomic mass is 32.1. The van der Waals surface area contributed by atoms with Crippen LogP contribution in [0.2, 0.25) is 0 Å². The molecule has 8 heteroatoms. The van der Waals surface area contributed by atoms with Crippen LogP contribution in [-0.4, -0.2) is 22.0 Å². The predicted molar refractivity (Wildman–Crippen MR) is 116 cm³/mol. The van der Waals surface area contributed by atoms with Crippen molar-refractivity contribution < 1.29 is 4.79 Å². The molecule has 0 aliphatic carbocycles. The number of H-pyrrole nitrogens is 1. The van der Waals surface area contributed by atoms with E-state index in [4.69, 9.17) is 5.73 Å². The molecule has 0 atom stereocenters. The third kappa shape index (κ3) is 4.55. The van der Waals surface area contributed by atoms with Crippen LogP contribution in [0, 0.1) is 12.8 Å². The summed E-state index contributed by atoms with van der Waals surface area (Å²) < 4.78 is 1.35. The molecule has 0 saturated heterocycles. The molecule has 0 saturated carbocycles. The van der Waals surface area contributed by atoms with Crippen molar-refractivity contribution in [3.63, 3.8) is 0 Å². The fourth-order valence-electron chi connectivity index (χ4n) is 3.13. The van der Waals surface area contributed by atoms with Crippen LogP contribution in [0.1, 0.15) is 60.6 Å². The zero-order chi connectivity index (χ0) is 21.0.